The van der Waals surface area contributed by atoms with E-state index in [9.17, 15) is 9.59 Å². The van der Waals surface area contributed by atoms with Gasteiger partial charge in [-0.15, -0.1) is 0 Å². The molecule has 1 N–H and O–H groups in total. The fraction of sp³-hybridized carbons (Fsp3) is 0.450. The SMILES string of the molecule is CN(C)C(=O)N1CCCn2nc(CNC(=O)C3Cc4ccccc4O3)cc2C1. The largest absolute Gasteiger partial charge is 0.480 e. The summed E-state index contributed by atoms with van der Waals surface area (Å²) in [5.41, 5.74) is 2.83. The lowest BCUT2D eigenvalue weighted by Crippen LogP contribution is -2.38. The van der Waals surface area contributed by atoms with Crippen LogP contribution in [0, 0.1) is 0 Å². The molecule has 3 heterocycles. The van der Waals surface area contributed by atoms with Gasteiger partial charge in [0.1, 0.15) is 5.75 Å². The first-order valence-electron chi connectivity index (χ1n) is 9.55. The lowest BCUT2D eigenvalue weighted by Gasteiger charge is -2.23. The van der Waals surface area contributed by atoms with Gasteiger partial charge in [0, 0.05) is 33.6 Å². The molecule has 2 aromatic rings. The third kappa shape index (κ3) is 3.67. The summed E-state index contributed by atoms with van der Waals surface area (Å²) in [6, 6.07) is 9.69. The van der Waals surface area contributed by atoms with Crippen LogP contribution in [0.5, 0.6) is 5.75 Å². The number of fused-ring (bicyclic) bond motifs is 2. The summed E-state index contributed by atoms with van der Waals surface area (Å²) in [5.74, 6) is 0.644. The van der Waals surface area contributed by atoms with E-state index in [1.165, 1.54) is 0 Å². The van der Waals surface area contributed by atoms with Crippen molar-refractivity contribution in [2.75, 3.05) is 20.6 Å². The predicted molar refractivity (Wildman–Crippen MR) is 103 cm³/mol. The van der Waals surface area contributed by atoms with E-state index in [4.69, 9.17) is 4.74 Å². The molecule has 0 fully saturated rings. The van der Waals surface area contributed by atoms with Gasteiger partial charge in [-0.3, -0.25) is 9.48 Å². The van der Waals surface area contributed by atoms with Gasteiger partial charge in [0.2, 0.25) is 0 Å². The molecule has 28 heavy (non-hydrogen) atoms. The maximum Gasteiger partial charge on any atom is 0.319 e. The fourth-order valence-electron chi connectivity index (χ4n) is 3.67. The first-order chi connectivity index (χ1) is 13.5. The van der Waals surface area contributed by atoms with Crippen LogP contribution in [-0.2, 0) is 30.8 Å². The number of para-hydroxylation sites is 1. The first-order valence-corrected chi connectivity index (χ1v) is 9.55. The zero-order chi connectivity index (χ0) is 19.7. The molecule has 148 valence electrons. The van der Waals surface area contributed by atoms with Gasteiger partial charge in [0.25, 0.3) is 5.91 Å². The quantitative estimate of drug-likeness (QED) is 0.869. The first kappa shape index (κ1) is 18.3. The van der Waals surface area contributed by atoms with Crippen LogP contribution in [0.2, 0.25) is 0 Å². The molecule has 8 heteroatoms. The van der Waals surface area contributed by atoms with E-state index in [2.05, 4.69) is 10.4 Å². The Labute approximate surface area is 164 Å². The van der Waals surface area contributed by atoms with Gasteiger partial charge in [-0.2, -0.15) is 5.10 Å². The van der Waals surface area contributed by atoms with Crippen LogP contribution < -0.4 is 10.1 Å². The van der Waals surface area contributed by atoms with Gasteiger partial charge in [-0.05, 0) is 24.1 Å². The van der Waals surface area contributed by atoms with Gasteiger partial charge >= 0.3 is 6.03 Å². The minimum Gasteiger partial charge on any atom is -0.480 e. The molecule has 1 unspecified atom stereocenters. The minimum atomic E-state index is -0.494. The highest BCUT2D eigenvalue weighted by Gasteiger charge is 2.29. The lowest BCUT2D eigenvalue weighted by molar-refractivity contribution is -0.127. The summed E-state index contributed by atoms with van der Waals surface area (Å²) in [6.45, 7) is 2.35. The number of aromatic nitrogens is 2. The lowest BCUT2D eigenvalue weighted by atomic mass is 10.1. The van der Waals surface area contributed by atoms with E-state index in [0.717, 1.165) is 35.7 Å². The van der Waals surface area contributed by atoms with Crippen molar-refractivity contribution in [1.82, 2.24) is 24.9 Å². The Morgan fingerprint density at radius 3 is 2.89 bits per heavy atom. The summed E-state index contributed by atoms with van der Waals surface area (Å²) in [4.78, 5) is 28.2. The summed E-state index contributed by atoms with van der Waals surface area (Å²) < 4.78 is 7.67. The maximum absolute atomic E-state index is 12.5. The van der Waals surface area contributed by atoms with Gasteiger partial charge in [0.05, 0.1) is 24.5 Å². The Morgan fingerprint density at radius 1 is 1.29 bits per heavy atom. The number of urea groups is 1. The third-order valence-corrected chi connectivity index (χ3v) is 5.10. The standard InChI is InChI=1S/C20H25N5O3/c1-23(2)20(27)24-8-5-9-25-16(13-24)11-15(22-25)12-21-19(26)18-10-14-6-3-4-7-17(14)28-18/h3-4,6-7,11,18H,5,8-10,12-13H2,1-2H3,(H,21,26). The second kappa shape index (κ2) is 7.53. The highest BCUT2D eigenvalue weighted by atomic mass is 16.5. The molecule has 3 amide bonds. The van der Waals surface area contributed by atoms with Gasteiger partial charge in [-0.1, -0.05) is 18.2 Å². The third-order valence-electron chi connectivity index (χ3n) is 5.10. The molecule has 0 saturated heterocycles. The number of nitrogens with zero attached hydrogens (tertiary/aromatic N) is 4. The van der Waals surface area contributed by atoms with Crippen molar-refractivity contribution in [1.29, 1.82) is 0 Å². The number of nitrogens with one attached hydrogen (secondary N) is 1. The van der Waals surface area contributed by atoms with Crippen LogP contribution in [0.1, 0.15) is 23.4 Å². The van der Waals surface area contributed by atoms with Crippen LogP contribution in [0.25, 0.3) is 0 Å². The van der Waals surface area contributed by atoms with Crippen molar-refractivity contribution in [3.05, 3.63) is 47.3 Å². The monoisotopic (exact) mass is 383 g/mol. The molecule has 0 spiro atoms. The molecule has 1 atom stereocenters. The van der Waals surface area contributed by atoms with Gasteiger partial charge in [0.15, 0.2) is 6.10 Å². The van der Waals surface area contributed by atoms with Crippen LogP contribution in [0.15, 0.2) is 30.3 Å². The summed E-state index contributed by atoms with van der Waals surface area (Å²) >= 11 is 0. The minimum absolute atomic E-state index is 0.00227. The smallest absolute Gasteiger partial charge is 0.319 e. The molecular formula is C20H25N5O3. The second-order valence-electron chi connectivity index (χ2n) is 7.44. The van der Waals surface area contributed by atoms with Gasteiger partial charge < -0.3 is 19.9 Å². The van der Waals surface area contributed by atoms with E-state index in [0.29, 0.717) is 26.1 Å². The van der Waals surface area contributed by atoms with Crippen LogP contribution >= 0.6 is 0 Å². The number of amides is 3. The van der Waals surface area contributed by atoms with Crippen molar-refractivity contribution in [2.24, 2.45) is 0 Å². The van der Waals surface area contributed by atoms with E-state index >= 15 is 0 Å². The Morgan fingerprint density at radius 2 is 2.11 bits per heavy atom. The predicted octanol–water partition coefficient (Wildman–Crippen LogP) is 1.39. The number of hydrogen-bond acceptors (Lipinski definition) is 4. The summed E-state index contributed by atoms with van der Waals surface area (Å²) in [6.07, 6.45) is 0.948. The molecule has 0 bridgehead atoms. The number of carbonyl (C=O) groups excluding carboxylic acids is 2. The Kier molecular flexibility index (Phi) is 4.93. The topological polar surface area (TPSA) is 79.7 Å². The van der Waals surface area contributed by atoms with Crippen molar-refractivity contribution >= 4 is 11.9 Å². The van der Waals surface area contributed by atoms with E-state index in [1.54, 1.807) is 19.0 Å². The van der Waals surface area contributed by atoms with E-state index in [-0.39, 0.29) is 11.9 Å². The number of benzene rings is 1. The van der Waals surface area contributed by atoms with E-state index in [1.807, 2.05) is 39.9 Å². The fourth-order valence-corrected chi connectivity index (χ4v) is 3.67. The Bertz CT molecular complexity index is 867. The molecule has 2 aliphatic rings. The molecule has 8 nitrogen and oxygen atoms in total. The number of carbonyl (C=O) groups is 2. The molecule has 2 aliphatic heterocycles. The second-order valence-corrected chi connectivity index (χ2v) is 7.44. The number of aryl methyl sites for hydroxylation is 1. The molecular weight excluding hydrogens is 358 g/mol. The van der Waals surface area contributed by atoms with Crippen molar-refractivity contribution in [2.45, 2.75) is 38.6 Å². The van der Waals surface area contributed by atoms with Crippen molar-refractivity contribution in [3.8, 4) is 5.75 Å². The van der Waals surface area contributed by atoms with Gasteiger partial charge in [-0.25, -0.2) is 4.79 Å². The maximum atomic E-state index is 12.5. The van der Waals surface area contributed by atoms with Crippen LogP contribution in [0.3, 0.4) is 0 Å². The van der Waals surface area contributed by atoms with Crippen LogP contribution in [-0.4, -0.2) is 58.3 Å². The summed E-state index contributed by atoms with van der Waals surface area (Å²) in [7, 11) is 3.52. The molecule has 0 aliphatic carbocycles. The average molecular weight is 383 g/mol. The Balaban J connectivity index is 1.36. The number of hydrogen-bond donors (Lipinski definition) is 1. The molecule has 0 radical (unpaired) electrons. The number of ether oxygens (including phenoxy) is 1. The molecule has 1 aromatic carbocycles. The molecule has 1 aromatic heterocycles. The highest BCUT2D eigenvalue weighted by molar-refractivity contribution is 5.82. The normalized spacial score (nSPS) is 17.9. The summed E-state index contributed by atoms with van der Waals surface area (Å²) in [5, 5.41) is 7.52. The van der Waals surface area contributed by atoms with Crippen molar-refractivity contribution in [3.63, 3.8) is 0 Å². The zero-order valence-corrected chi connectivity index (χ0v) is 16.2. The highest BCUT2D eigenvalue weighted by Crippen LogP contribution is 2.28. The zero-order valence-electron chi connectivity index (χ0n) is 16.2. The average Bonchev–Trinajstić information content (AvgIpc) is 3.23. The van der Waals surface area contributed by atoms with E-state index < -0.39 is 6.10 Å². The Hall–Kier alpha value is -3.03. The van der Waals surface area contributed by atoms with Crippen LogP contribution in [0.4, 0.5) is 4.79 Å². The number of rotatable bonds is 3. The van der Waals surface area contributed by atoms with Crippen molar-refractivity contribution < 1.29 is 14.3 Å². The molecule has 0 saturated carbocycles. The molecule has 4 rings (SSSR count).